The molecule has 3 aromatic heterocycles. The summed E-state index contributed by atoms with van der Waals surface area (Å²) in [6.07, 6.45) is 4.27. The van der Waals surface area contributed by atoms with E-state index in [9.17, 15) is 0 Å². The molecule has 0 spiro atoms. The van der Waals surface area contributed by atoms with Gasteiger partial charge in [0.1, 0.15) is 0 Å². The lowest BCUT2D eigenvalue weighted by atomic mass is 9.99. The van der Waals surface area contributed by atoms with Crippen LogP contribution < -0.4 is 10.1 Å². The molecule has 0 unspecified atom stereocenters. The van der Waals surface area contributed by atoms with E-state index < -0.39 is 0 Å². The van der Waals surface area contributed by atoms with Crippen molar-refractivity contribution in [2.75, 3.05) is 13.7 Å². The summed E-state index contributed by atoms with van der Waals surface area (Å²) >= 11 is 0. The van der Waals surface area contributed by atoms with Gasteiger partial charge in [0, 0.05) is 54.5 Å². The van der Waals surface area contributed by atoms with Crippen LogP contribution in [0.2, 0.25) is 0 Å². The van der Waals surface area contributed by atoms with Crippen molar-refractivity contribution in [2.24, 2.45) is 0 Å². The van der Waals surface area contributed by atoms with E-state index in [1.165, 1.54) is 0 Å². The summed E-state index contributed by atoms with van der Waals surface area (Å²) in [5, 5.41) is 4.47. The number of pyridine rings is 1. The molecule has 138 valence electrons. The minimum absolute atomic E-state index is 0.533. The molecule has 5 rings (SSSR count). The Morgan fingerprint density at radius 1 is 0.964 bits per heavy atom. The van der Waals surface area contributed by atoms with Crippen LogP contribution in [0.5, 0.6) is 5.88 Å². The van der Waals surface area contributed by atoms with Crippen molar-refractivity contribution in [2.45, 2.75) is 13.0 Å². The summed E-state index contributed by atoms with van der Waals surface area (Å²) < 4.78 is 5.27. The fourth-order valence-electron chi connectivity index (χ4n) is 3.46. The van der Waals surface area contributed by atoms with Gasteiger partial charge in [0.25, 0.3) is 0 Å². The highest BCUT2D eigenvalue weighted by molar-refractivity contribution is 5.84. The molecule has 0 radical (unpaired) electrons. The predicted molar refractivity (Wildman–Crippen MR) is 106 cm³/mol. The Morgan fingerprint density at radius 3 is 2.68 bits per heavy atom. The van der Waals surface area contributed by atoms with Crippen LogP contribution in [0.4, 0.5) is 0 Å². The number of hydrogen-bond acceptors (Lipinski definition) is 7. The number of methoxy groups -OCH3 is 1. The fraction of sp³-hybridized carbons (Fsp3) is 0.190. The van der Waals surface area contributed by atoms with Crippen molar-refractivity contribution in [3.63, 3.8) is 0 Å². The second kappa shape index (κ2) is 6.94. The number of hydrogen-bond donors (Lipinski definition) is 1. The number of nitrogens with zero attached hydrogens (tertiary/aromatic N) is 5. The van der Waals surface area contributed by atoms with E-state index in [2.05, 4.69) is 32.4 Å². The van der Waals surface area contributed by atoms with Crippen molar-refractivity contribution in [3.05, 3.63) is 60.0 Å². The van der Waals surface area contributed by atoms with Gasteiger partial charge in [-0.15, -0.1) is 0 Å². The van der Waals surface area contributed by atoms with Crippen molar-refractivity contribution < 1.29 is 4.74 Å². The molecular formula is C21H18N6O. The molecule has 4 aromatic rings. The Labute approximate surface area is 161 Å². The third-order valence-electron chi connectivity index (χ3n) is 4.85. The molecule has 4 heterocycles. The molecule has 0 amide bonds. The highest BCUT2D eigenvalue weighted by Gasteiger charge is 2.20. The highest BCUT2D eigenvalue weighted by atomic mass is 16.5. The summed E-state index contributed by atoms with van der Waals surface area (Å²) in [4.78, 5) is 22.8. The van der Waals surface area contributed by atoms with Crippen LogP contribution in [-0.4, -0.2) is 38.6 Å². The van der Waals surface area contributed by atoms with E-state index in [1.807, 2.05) is 18.2 Å². The van der Waals surface area contributed by atoms with Gasteiger partial charge in [-0.3, -0.25) is 0 Å². The number of fused-ring (bicyclic) bond motifs is 2. The first-order valence-corrected chi connectivity index (χ1v) is 9.15. The molecule has 0 saturated carbocycles. The summed E-state index contributed by atoms with van der Waals surface area (Å²) in [6, 6.07) is 11.8. The number of nitrogens with one attached hydrogen (secondary N) is 1. The minimum Gasteiger partial charge on any atom is -0.481 e. The van der Waals surface area contributed by atoms with E-state index in [0.29, 0.717) is 17.5 Å². The normalized spacial score (nSPS) is 13.3. The van der Waals surface area contributed by atoms with E-state index in [0.717, 1.165) is 52.9 Å². The maximum absolute atomic E-state index is 5.27. The number of benzene rings is 1. The predicted octanol–water partition coefficient (Wildman–Crippen LogP) is 2.80. The lowest BCUT2D eigenvalue weighted by molar-refractivity contribution is 0.399. The van der Waals surface area contributed by atoms with E-state index in [-0.39, 0.29) is 0 Å². The first kappa shape index (κ1) is 16.7. The number of rotatable bonds is 3. The van der Waals surface area contributed by atoms with Crippen LogP contribution in [0, 0.1) is 0 Å². The molecular weight excluding hydrogens is 352 g/mol. The average Bonchev–Trinajstić information content (AvgIpc) is 2.78. The molecule has 1 aliphatic rings. The zero-order valence-electron chi connectivity index (χ0n) is 15.4. The van der Waals surface area contributed by atoms with Crippen LogP contribution in [0.1, 0.15) is 11.3 Å². The molecule has 1 aromatic carbocycles. The Balaban J connectivity index is 1.71. The third kappa shape index (κ3) is 2.95. The fourth-order valence-corrected chi connectivity index (χ4v) is 3.46. The first-order chi connectivity index (χ1) is 13.8. The van der Waals surface area contributed by atoms with Crippen molar-refractivity contribution in [3.8, 4) is 28.8 Å². The number of ether oxygens (including phenoxy) is 1. The standard InChI is InChI=1S/C21H18N6O/c1-28-18-6-5-13-3-4-14(11-17(13)25-18)19-15-12-22-10-7-16(15)26-21(27-19)20-23-8-2-9-24-20/h2-6,8-9,11,22H,7,10,12H2,1H3. The molecule has 0 fully saturated rings. The Morgan fingerprint density at radius 2 is 1.82 bits per heavy atom. The van der Waals surface area contributed by atoms with Gasteiger partial charge in [-0.05, 0) is 18.2 Å². The first-order valence-electron chi connectivity index (χ1n) is 9.15. The monoisotopic (exact) mass is 370 g/mol. The molecule has 1 aliphatic heterocycles. The Hall–Kier alpha value is -3.45. The quantitative estimate of drug-likeness (QED) is 0.593. The number of aromatic nitrogens is 5. The molecule has 28 heavy (non-hydrogen) atoms. The molecule has 7 heteroatoms. The SMILES string of the molecule is COc1ccc2ccc(-c3nc(-c4ncccn4)nc4c3CNCC4)cc2n1. The molecule has 0 aliphatic carbocycles. The van der Waals surface area contributed by atoms with E-state index in [4.69, 9.17) is 14.7 Å². The highest BCUT2D eigenvalue weighted by Crippen LogP contribution is 2.30. The largest absolute Gasteiger partial charge is 0.481 e. The van der Waals surface area contributed by atoms with Crippen molar-refractivity contribution in [1.82, 2.24) is 30.2 Å². The van der Waals surface area contributed by atoms with Gasteiger partial charge in [0.15, 0.2) is 11.6 Å². The lowest BCUT2D eigenvalue weighted by Crippen LogP contribution is -2.26. The Bertz CT molecular complexity index is 1160. The molecule has 0 atom stereocenters. The third-order valence-corrected chi connectivity index (χ3v) is 4.85. The molecule has 7 nitrogen and oxygen atoms in total. The maximum atomic E-state index is 5.27. The lowest BCUT2D eigenvalue weighted by Gasteiger charge is -2.20. The van der Waals surface area contributed by atoms with Gasteiger partial charge in [-0.1, -0.05) is 12.1 Å². The van der Waals surface area contributed by atoms with Crippen molar-refractivity contribution in [1.29, 1.82) is 0 Å². The zero-order chi connectivity index (χ0) is 18.9. The van der Waals surface area contributed by atoms with Crippen LogP contribution in [0.15, 0.2) is 48.8 Å². The second-order valence-corrected chi connectivity index (χ2v) is 6.58. The molecule has 0 saturated heterocycles. The zero-order valence-corrected chi connectivity index (χ0v) is 15.4. The maximum Gasteiger partial charge on any atom is 0.213 e. The smallest absolute Gasteiger partial charge is 0.213 e. The molecule has 1 N–H and O–H groups in total. The minimum atomic E-state index is 0.533. The summed E-state index contributed by atoms with van der Waals surface area (Å²) in [6.45, 7) is 1.64. The van der Waals surface area contributed by atoms with Gasteiger partial charge in [-0.2, -0.15) is 0 Å². The van der Waals surface area contributed by atoms with Gasteiger partial charge < -0.3 is 10.1 Å². The van der Waals surface area contributed by atoms with Gasteiger partial charge in [0.2, 0.25) is 5.88 Å². The van der Waals surface area contributed by atoms with Crippen LogP contribution in [0.3, 0.4) is 0 Å². The van der Waals surface area contributed by atoms with E-state index in [1.54, 1.807) is 25.6 Å². The average molecular weight is 370 g/mol. The van der Waals surface area contributed by atoms with Gasteiger partial charge in [0.05, 0.1) is 24.0 Å². The Kier molecular flexibility index (Phi) is 4.14. The second-order valence-electron chi connectivity index (χ2n) is 6.58. The summed E-state index contributed by atoms with van der Waals surface area (Å²) in [5.41, 5.74) is 4.92. The van der Waals surface area contributed by atoms with Gasteiger partial charge in [-0.25, -0.2) is 24.9 Å². The summed E-state index contributed by atoms with van der Waals surface area (Å²) in [7, 11) is 1.62. The molecule has 0 bridgehead atoms. The van der Waals surface area contributed by atoms with Crippen LogP contribution in [0.25, 0.3) is 33.8 Å². The van der Waals surface area contributed by atoms with Crippen LogP contribution >= 0.6 is 0 Å². The van der Waals surface area contributed by atoms with E-state index >= 15 is 0 Å². The van der Waals surface area contributed by atoms with Gasteiger partial charge >= 0.3 is 0 Å². The van der Waals surface area contributed by atoms with Crippen molar-refractivity contribution >= 4 is 10.9 Å². The summed E-state index contributed by atoms with van der Waals surface area (Å²) in [5.74, 6) is 1.68. The topological polar surface area (TPSA) is 85.7 Å². The van der Waals surface area contributed by atoms with Crippen LogP contribution in [-0.2, 0) is 13.0 Å².